The molecule has 0 aromatic carbocycles. The third kappa shape index (κ3) is 2.70. The van der Waals surface area contributed by atoms with Gasteiger partial charge >= 0.3 is 0 Å². The van der Waals surface area contributed by atoms with Crippen molar-refractivity contribution in [2.45, 2.75) is 78.1 Å². The van der Waals surface area contributed by atoms with Crippen LogP contribution in [0, 0.1) is 5.41 Å². The maximum atomic E-state index is 5.89. The van der Waals surface area contributed by atoms with Crippen molar-refractivity contribution in [3.05, 3.63) is 0 Å². The molecule has 0 radical (unpaired) electrons. The molecule has 2 fully saturated rings. The van der Waals surface area contributed by atoms with Crippen molar-refractivity contribution in [1.82, 2.24) is 10.2 Å². The summed E-state index contributed by atoms with van der Waals surface area (Å²) in [5, 5.41) is 3.72. The molecule has 0 spiro atoms. The number of ether oxygens (including phenoxy) is 1. The summed E-state index contributed by atoms with van der Waals surface area (Å²) >= 11 is 0. The van der Waals surface area contributed by atoms with Gasteiger partial charge in [0.15, 0.2) is 0 Å². The number of nitrogens with zero attached hydrogens (tertiary/aromatic N) is 1. The van der Waals surface area contributed by atoms with E-state index in [9.17, 15) is 0 Å². The predicted molar refractivity (Wildman–Crippen MR) is 80.5 cm³/mol. The fourth-order valence-electron chi connectivity index (χ4n) is 3.69. The number of hydrogen-bond acceptors (Lipinski definition) is 3. The lowest BCUT2D eigenvalue weighted by Crippen LogP contribution is -2.71. The Morgan fingerprint density at radius 2 is 1.95 bits per heavy atom. The van der Waals surface area contributed by atoms with Crippen LogP contribution in [0.5, 0.6) is 0 Å². The lowest BCUT2D eigenvalue weighted by atomic mass is 9.63. The van der Waals surface area contributed by atoms with Crippen LogP contribution in [0.15, 0.2) is 0 Å². The molecule has 0 aromatic heterocycles. The van der Waals surface area contributed by atoms with Crippen LogP contribution >= 0.6 is 0 Å². The van der Waals surface area contributed by atoms with Crippen LogP contribution in [0.25, 0.3) is 0 Å². The van der Waals surface area contributed by atoms with Gasteiger partial charge in [-0.05, 0) is 33.6 Å². The summed E-state index contributed by atoms with van der Waals surface area (Å²) in [7, 11) is 0. The Morgan fingerprint density at radius 3 is 2.47 bits per heavy atom. The Morgan fingerprint density at radius 1 is 1.26 bits per heavy atom. The fraction of sp³-hybridized carbons (Fsp3) is 1.00. The van der Waals surface area contributed by atoms with Crippen LogP contribution in [-0.2, 0) is 4.74 Å². The topological polar surface area (TPSA) is 24.5 Å². The van der Waals surface area contributed by atoms with Crippen molar-refractivity contribution >= 4 is 0 Å². The van der Waals surface area contributed by atoms with Crippen LogP contribution in [0.1, 0.15) is 54.4 Å². The Kier molecular flexibility index (Phi) is 4.29. The van der Waals surface area contributed by atoms with Gasteiger partial charge < -0.3 is 10.1 Å². The molecule has 19 heavy (non-hydrogen) atoms. The van der Waals surface area contributed by atoms with Crippen molar-refractivity contribution in [2.75, 3.05) is 19.7 Å². The quantitative estimate of drug-likeness (QED) is 0.848. The van der Waals surface area contributed by atoms with Gasteiger partial charge in [0.05, 0.1) is 6.10 Å². The molecule has 0 amide bonds. The van der Waals surface area contributed by atoms with Gasteiger partial charge in [-0.15, -0.1) is 0 Å². The zero-order valence-electron chi connectivity index (χ0n) is 13.6. The standard InChI is InChI=1S/C16H32N2O/c1-7-16(6)11-18(12(3)10-17-16)13-9-14(19-8-2)15(13,4)5/h12-14,17H,7-11H2,1-6H3. The molecule has 0 bridgehead atoms. The second-order valence-electron chi connectivity index (χ2n) is 7.33. The molecule has 3 heteroatoms. The van der Waals surface area contributed by atoms with Crippen LogP contribution in [0.3, 0.4) is 0 Å². The Labute approximate surface area is 119 Å². The molecule has 1 saturated carbocycles. The van der Waals surface area contributed by atoms with E-state index in [-0.39, 0.29) is 11.0 Å². The van der Waals surface area contributed by atoms with E-state index in [2.05, 4.69) is 51.8 Å². The predicted octanol–water partition coefficient (Wildman–Crippen LogP) is 2.65. The Balaban J connectivity index is 2.05. The molecule has 2 aliphatic rings. The minimum atomic E-state index is 0.277. The number of nitrogens with one attached hydrogen (secondary N) is 1. The van der Waals surface area contributed by atoms with E-state index in [0.29, 0.717) is 18.2 Å². The number of rotatable bonds is 4. The van der Waals surface area contributed by atoms with E-state index in [0.717, 1.165) is 19.7 Å². The summed E-state index contributed by atoms with van der Waals surface area (Å²) in [6.45, 7) is 17.0. The molecule has 0 aromatic rings. The third-order valence-corrected chi connectivity index (χ3v) is 5.60. The lowest BCUT2D eigenvalue weighted by Gasteiger charge is -2.60. The summed E-state index contributed by atoms with van der Waals surface area (Å²) in [5.41, 5.74) is 0.565. The minimum Gasteiger partial charge on any atom is -0.378 e. The molecular weight excluding hydrogens is 236 g/mol. The van der Waals surface area contributed by atoms with E-state index in [1.54, 1.807) is 0 Å². The van der Waals surface area contributed by atoms with Crippen LogP contribution in [-0.4, -0.2) is 48.3 Å². The van der Waals surface area contributed by atoms with Crippen LogP contribution < -0.4 is 5.32 Å². The second kappa shape index (κ2) is 5.34. The summed E-state index contributed by atoms with van der Waals surface area (Å²) in [5.74, 6) is 0. The van der Waals surface area contributed by atoms with Crippen molar-refractivity contribution in [3.63, 3.8) is 0 Å². The van der Waals surface area contributed by atoms with Gasteiger partial charge in [0.25, 0.3) is 0 Å². The second-order valence-corrected chi connectivity index (χ2v) is 7.33. The molecular formula is C16H32N2O. The third-order valence-electron chi connectivity index (χ3n) is 5.60. The summed E-state index contributed by atoms with van der Waals surface area (Å²) < 4.78 is 5.89. The van der Waals surface area contributed by atoms with Gasteiger partial charge in [-0.1, -0.05) is 20.8 Å². The highest BCUT2D eigenvalue weighted by atomic mass is 16.5. The SMILES string of the molecule is CCOC1CC(N2CC(C)(CC)NCC2C)C1(C)C. The molecule has 112 valence electrons. The van der Waals surface area contributed by atoms with Gasteiger partial charge in [-0.3, -0.25) is 4.90 Å². The zero-order chi connectivity index (χ0) is 14.3. The first-order chi connectivity index (χ1) is 8.84. The molecule has 4 atom stereocenters. The van der Waals surface area contributed by atoms with Crippen molar-refractivity contribution < 1.29 is 4.74 Å². The Bertz CT molecular complexity index is 318. The van der Waals surface area contributed by atoms with Crippen molar-refractivity contribution in [3.8, 4) is 0 Å². The van der Waals surface area contributed by atoms with E-state index >= 15 is 0 Å². The monoisotopic (exact) mass is 268 g/mol. The van der Waals surface area contributed by atoms with E-state index in [4.69, 9.17) is 4.74 Å². The summed E-state index contributed by atoms with van der Waals surface area (Å²) in [6.07, 6.45) is 2.83. The number of piperazine rings is 1. The maximum absolute atomic E-state index is 5.89. The molecule has 3 nitrogen and oxygen atoms in total. The van der Waals surface area contributed by atoms with Gasteiger partial charge in [0.2, 0.25) is 0 Å². The summed E-state index contributed by atoms with van der Waals surface area (Å²) in [4.78, 5) is 2.73. The smallest absolute Gasteiger partial charge is 0.0655 e. The van der Waals surface area contributed by atoms with E-state index in [1.165, 1.54) is 12.8 Å². The maximum Gasteiger partial charge on any atom is 0.0655 e. The van der Waals surface area contributed by atoms with Crippen molar-refractivity contribution in [2.24, 2.45) is 5.41 Å². The van der Waals surface area contributed by atoms with Crippen LogP contribution in [0.4, 0.5) is 0 Å². The van der Waals surface area contributed by atoms with Crippen molar-refractivity contribution in [1.29, 1.82) is 0 Å². The normalized spacial score (nSPS) is 42.9. The first-order valence-electron chi connectivity index (χ1n) is 7.96. The molecule has 2 rings (SSSR count). The largest absolute Gasteiger partial charge is 0.378 e. The molecule has 1 heterocycles. The fourth-order valence-corrected chi connectivity index (χ4v) is 3.69. The molecule has 1 aliphatic heterocycles. The molecule has 1 aliphatic carbocycles. The lowest BCUT2D eigenvalue weighted by molar-refractivity contribution is -0.165. The first kappa shape index (κ1) is 15.3. The highest BCUT2D eigenvalue weighted by molar-refractivity contribution is 5.07. The number of hydrogen-bond donors (Lipinski definition) is 1. The average molecular weight is 268 g/mol. The Hall–Kier alpha value is -0.120. The van der Waals surface area contributed by atoms with Crippen LogP contribution in [0.2, 0.25) is 0 Å². The van der Waals surface area contributed by atoms with Gasteiger partial charge in [0, 0.05) is 42.7 Å². The van der Waals surface area contributed by atoms with E-state index in [1.807, 2.05) is 0 Å². The van der Waals surface area contributed by atoms with Gasteiger partial charge in [0.1, 0.15) is 0 Å². The molecule has 1 saturated heterocycles. The summed E-state index contributed by atoms with van der Waals surface area (Å²) in [6, 6.07) is 1.30. The highest BCUT2D eigenvalue weighted by Gasteiger charge is 2.53. The minimum absolute atomic E-state index is 0.277. The molecule has 1 N–H and O–H groups in total. The average Bonchev–Trinajstić information content (AvgIpc) is 2.38. The van der Waals surface area contributed by atoms with Gasteiger partial charge in [-0.2, -0.15) is 0 Å². The highest BCUT2D eigenvalue weighted by Crippen LogP contribution is 2.47. The molecule has 4 unspecified atom stereocenters. The van der Waals surface area contributed by atoms with E-state index < -0.39 is 0 Å². The first-order valence-corrected chi connectivity index (χ1v) is 7.96. The van der Waals surface area contributed by atoms with Gasteiger partial charge in [-0.25, -0.2) is 0 Å². The zero-order valence-corrected chi connectivity index (χ0v) is 13.6.